The Bertz CT molecular complexity index is 1570. The smallest absolute Gasteiger partial charge is 0.345 e. The summed E-state index contributed by atoms with van der Waals surface area (Å²) in [6, 6.07) is 31.1. The van der Waals surface area contributed by atoms with Crippen LogP contribution in [-0.2, 0) is 25.2 Å². The molecule has 7 heteroatoms. The standard InChI is InChI=1S/C35H30FO5S/c1-39-31-18-17-27(24-32(31)42(29-13-4-2-5-14-29)30-15-6-3-7-16-30)34(38)40-25-33(37)41-35(20-8-9-21-35)22-19-26-11-10-12-28(36)23-26/h2-7,10-18,23-24H,8-9,20-21,25H2,1H3/q+1. The quantitative estimate of drug-likeness (QED) is 0.127. The van der Waals surface area contributed by atoms with Crippen molar-refractivity contribution in [1.29, 1.82) is 0 Å². The number of ether oxygens (including phenoxy) is 3. The maximum absolute atomic E-state index is 13.6. The number of benzene rings is 4. The van der Waals surface area contributed by atoms with E-state index in [1.807, 2.05) is 60.7 Å². The summed E-state index contributed by atoms with van der Waals surface area (Å²) < 4.78 is 30.4. The average molecular weight is 582 g/mol. The van der Waals surface area contributed by atoms with Crippen LogP contribution in [-0.4, -0.2) is 31.3 Å². The summed E-state index contributed by atoms with van der Waals surface area (Å²) >= 11 is 0. The van der Waals surface area contributed by atoms with Crippen molar-refractivity contribution in [3.8, 4) is 17.6 Å². The van der Waals surface area contributed by atoms with Crippen molar-refractivity contribution >= 4 is 22.8 Å². The molecule has 0 aliphatic heterocycles. The number of halogens is 1. The fraction of sp³-hybridized carbons (Fsp3) is 0.200. The van der Waals surface area contributed by atoms with Gasteiger partial charge in [0.15, 0.2) is 27.7 Å². The maximum atomic E-state index is 13.6. The van der Waals surface area contributed by atoms with Gasteiger partial charge >= 0.3 is 11.9 Å². The van der Waals surface area contributed by atoms with Crippen molar-refractivity contribution in [1.82, 2.24) is 0 Å². The summed E-state index contributed by atoms with van der Waals surface area (Å²) in [6.07, 6.45) is 2.84. The van der Waals surface area contributed by atoms with Crippen LogP contribution in [0, 0.1) is 17.7 Å². The van der Waals surface area contributed by atoms with Gasteiger partial charge in [0.2, 0.25) is 4.90 Å². The molecule has 1 saturated carbocycles. The zero-order valence-corrected chi connectivity index (χ0v) is 24.0. The minimum atomic E-state index is -0.983. The molecule has 0 N–H and O–H groups in total. The molecule has 1 aliphatic rings. The predicted molar refractivity (Wildman–Crippen MR) is 159 cm³/mol. The van der Waals surface area contributed by atoms with Gasteiger partial charge in [-0.2, -0.15) is 0 Å². The van der Waals surface area contributed by atoms with Crippen LogP contribution >= 0.6 is 0 Å². The highest BCUT2D eigenvalue weighted by molar-refractivity contribution is 7.97. The number of esters is 2. The molecule has 1 fully saturated rings. The third-order valence-electron chi connectivity index (χ3n) is 6.88. The zero-order valence-electron chi connectivity index (χ0n) is 23.2. The Hall–Kier alpha value is -4.54. The van der Waals surface area contributed by atoms with E-state index in [-0.39, 0.29) is 5.82 Å². The summed E-state index contributed by atoms with van der Waals surface area (Å²) in [7, 11) is 1.04. The second-order valence-corrected chi connectivity index (χ2v) is 11.8. The van der Waals surface area contributed by atoms with Crippen molar-refractivity contribution in [2.75, 3.05) is 13.7 Å². The van der Waals surface area contributed by atoms with Gasteiger partial charge in [-0.1, -0.05) is 48.4 Å². The van der Waals surface area contributed by atoms with Gasteiger partial charge in [0.25, 0.3) is 0 Å². The molecule has 0 radical (unpaired) electrons. The van der Waals surface area contributed by atoms with Crippen molar-refractivity contribution in [3.63, 3.8) is 0 Å². The second kappa shape index (κ2) is 13.4. The van der Waals surface area contributed by atoms with E-state index < -0.39 is 35.0 Å². The first kappa shape index (κ1) is 29.0. The molecule has 0 spiro atoms. The Kier molecular flexibility index (Phi) is 9.25. The summed E-state index contributed by atoms with van der Waals surface area (Å²) in [5, 5.41) is 0. The first-order valence-corrected chi connectivity index (χ1v) is 14.9. The molecule has 0 bridgehead atoms. The highest BCUT2D eigenvalue weighted by Crippen LogP contribution is 2.37. The number of hydrogen-bond acceptors (Lipinski definition) is 5. The molecular weight excluding hydrogens is 551 g/mol. The third-order valence-corrected chi connectivity index (χ3v) is 9.12. The molecule has 0 aromatic heterocycles. The van der Waals surface area contributed by atoms with Gasteiger partial charge in [0.1, 0.15) is 16.7 Å². The van der Waals surface area contributed by atoms with Gasteiger partial charge in [-0.3, -0.25) is 0 Å². The van der Waals surface area contributed by atoms with Gasteiger partial charge in [-0.15, -0.1) is 0 Å². The average Bonchev–Trinajstić information content (AvgIpc) is 3.48. The number of methoxy groups -OCH3 is 1. The molecule has 0 unspecified atom stereocenters. The minimum Gasteiger partial charge on any atom is -0.491 e. The van der Waals surface area contributed by atoms with Crippen LogP contribution in [0.1, 0.15) is 41.6 Å². The first-order valence-electron chi connectivity index (χ1n) is 13.7. The number of rotatable bonds is 8. The van der Waals surface area contributed by atoms with Crippen LogP contribution in [0.5, 0.6) is 5.75 Å². The molecule has 0 saturated heterocycles. The Morgan fingerprint density at radius 2 is 1.52 bits per heavy atom. The van der Waals surface area contributed by atoms with Crippen LogP contribution in [0.3, 0.4) is 0 Å². The van der Waals surface area contributed by atoms with Crippen LogP contribution in [0.2, 0.25) is 0 Å². The lowest BCUT2D eigenvalue weighted by atomic mass is 10.0. The fourth-order valence-electron chi connectivity index (χ4n) is 4.87. The van der Waals surface area contributed by atoms with Crippen molar-refractivity contribution < 1.29 is 28.2 Å². The Morgan fingerprint density at radius 1 is 0.857 bits per heavy atom. The SMILES string of the molecule is COc1ccc(C(=O)OCC(=O)OC2(C#Cc3cccc(F)c3)CCCC2)cc1[S+](c1ccccc1)c1ccccc1. The topological polar surface area (TPSA) is 61.8 Å². The monoisotopic (exact) mass is 581 g/mol. The lowest BCUT2D eigenvalue weighted by molar-refractivity contribution is -0.157. The van der Waals surface area contributed by atoms with Gasteiger partial charge in [-0.25, -0.2) is 14.0 Å². The van der Waals surface area contributed by atoms with Gasteiger partial charge < -0.3 is 14.2 Å². The van der Waals surface area contributed by atoms with E-state index in [1.165, 1.54) is 12.1 Å². The zero-order chi connectivity index (χ0) is 29.4. The summed E-state index contributed by atoms with van der Waals surface area (Å²) in [5.41, 5.74) is -0.184. The largest absolute Gasteiger partial charge is 0.491 e. The minimum absolute atomic E-state index is 0.296. The van der Waals surface area contributed by atoms with E-state index >= 15 is 0 Å². The van der Waals surface area contributed by atoms with Crippen LogP contribution in [0.4, 0.5) is 4.39 Å². The Labute approximate surface area is 248 Å². The van der Waals surface area contributed by atoms with E-state index in [1.54, 1.807) is 37.4 Å². The third kappa shape index (κ3) is 7.02. The molecule has 0 atom stereocenters. The van der Waals surface area contributed by atoms with Crippen molar-refractivity contribution in [2.24, 2.45) is 0 Å². The molecule has 0 heterocycles. The predicted octanol–water partition coefficient (Wildman–Crippen LogP) is 6.99. The molecule has 5 nitrogen and oxygen atoms in total. The molecule has 212 valence electrons. The Balaban J connectivity index is 1.32. The van der Waals surface area contributed by atoms with Crippen LogP contribution in [0.15, 0.2) is 118 Å². The van der Waals surface area contributed by atoms with E-state index in [0.717, 1.165) is 27.5 Å². The van der Waals surface area contributed by atoms with Crippen molar-refractivity contribution in [3.05, 3.63) is 120 Å². The summed E-state index contributed by atoms with van der Waals surface area (Å²) in [5.74, 6) is 4.90. The van der Waals surface area contributed by atoms with Crippen molar-refractivity contribution in [2.45, 2.75) is 46.0 Å². The number of hydrogen-bond donors (Lipinski definition) is 0. The molecule has 5 rings (SSSR count). The van der Waals surface area contributed by atoms with Crippen LogP contribution < -0.4 is 4.74 Å². The van der Waals surface area contributed by atoms with E-state index in [9.17, 15) is 14.0 Å². The van der Waals surface area contributed by atoms with E-state index in [0.29, 0.717) is 29.7 Å². The molecule has 4 aromatic rings. The lowest BCUT2D eigenvalue weighted by Crippen LogP contribution is -2.32. The molecule has 4 aromatic carbocycles. The molecule has 42 heavy (non-hydrogen) atoms. The van der Waals surface area contributed by atoms with Crippen LogP contribution in [0.25, 0.3) is 0 Å². The molecular formula is C35H30FO5S+. The number of carbonyl (C=O) groups is 2. The van der Waals surface area contributed by atoms with E-state index in [2.05, 4.69) is 11.8 Å². The van der Waals surface area contributed by atoms with Gasteiger partial charge in [0.05, 0.1) is 12.7 Å². The number of carbonyl (C=O) groups excluding carboxylic acids is 2. The van der Waals surface area contributed by atoms with E-state index in [4.69, 9.17) is 14.2 Å². The second-order valence-electron chi connectivity index (χ2n) is 9.81. The highest BCUT2D eigenvalue weighted by Gasteiger charge is 2.37. The lowest BCUT2D eigenvalue weighted by Gasteiger charge is -2.23. The van der Waals surface area contributed by atoms with Gasteiger partial charge in [-0.05, 0) is 86.2 Å². The maximum Gasteiger partial charge on any atom is 0.345 e. The normalized spacial score (nSPS) is 13.6. The summed E-state index contributed by atoms with van der Waals surface area (Å²) in [6.45, 7) is -0.549. The summed E-state index contributed by atoms with van der Waals surface area (Å²) in [4.78, 5) is 28.9. The Morgan fingerprint density at radius 3 is 2.14 bits per heavy atom. The van der Waals surface area contributed by atoms with Gasteiger partial charge in [0, 0.05) is 11.6 Å². The fourth-order valence-corrected chi connectivity index (χ4v) is 7.11. The molecule has 0 amide bonds. The molecule has 1 aliphatic carbocycles. The first-order chi connectivity index (χ1) is 20.5. The highest BCUT2D eigenvalue weighted by atomic mass is 32.2.